The number of imide groups is 1. The molecule has 5 rings (SSSR count). The van der Waals surface area contributed by atoms with Gasteiger partial charge >= 0.3 is 12.1 Å². The topological polar surface area (TPSA) is 129 Å². The van der Waals surface area contributed by atoms with Crippen molar-refractivity contribution in [3.8, 4) is 11.3 Å². The standard InChI is InChI=1S/C24H12F3N3O6/c25-24(26,27)19-17(22(33)30(29-19)13-3-1-2-12(8-13)23(34)35)10-14-5-7-18(36-14)11-4-6-15-16(9-11)21(32)28-20(15)31/h1-10H,(H,34,35)(H,28,31,32)/b17-10-. The van der Waals surface area contributed by atoms with E-state index in [1.807, 2.05) is 0 Å². The molecule has 0 radical (unpaired) electrons. The summed E-state index contributed by atoms with van der Waals surface area (Å²) >= 11 is 0. The molecule has 2 aliphatic heterocycles. The molecule has 0 saturated heterocycles. The maximum Gasteiger partial charge on any atom is 0.435 e. The molecule has 1 aromatic heterocycles. The minimum atomic E-state index is -4.99. The van der Waals surface area contributed by atoms with E-state index < -0.39 is 41.2 Å². The zero-order valence-corrected chi connectivity index (χ0v) is 17.8. The van der Waals surface area contributed by atoms with Gasteiger partial charge < -0.3 is 9.52 Å². The number of carbonyl (C=O) groups is 4. The van der Waals surface area contributed by atoms with E-state index in [0.29, 0.717) is 10.6 Å². The molecule has 3 aromatic rings. The van der Waals surface area contributed by atoms with Gasteiger partial charge in [0.15, 0.2) is 5.71 Å². The lowest BCUT2D eigenvalue weighted by Crippen LogP contribution is -2.25. The summed E-state index contributed by atoms with van der Waals surface area (Å²) in [5.41, 5.74) is -1.96. The highest BCUT2D eigenvalue weighted by atomic mass is 19.4. The molecule has 2 N–H and O–H groups in total. The molecular formula is C24H12F3N3O6. The number of carboxylic acids is 1. The number of hydrazone groups is 1. The summed E-state index contributed by atoms with van der Waals surface area (Å²) < 4.78 is 46.7. The van der Waals surface area contributed by atoms with Crippen molar-refractivity contribution >= 4 is 41.2 Å². The fourth-order valence-electron chi connectivity index (χ4n) is 3.75. The molecule has 0 fully saturated rings. The average Bonchev–Trinajstić information content (AvgIpc) is 3.51. The maximum absolute atomic E-state index is 13.7. The van der Waals surface area contributed by atoms with E-state index in [-0.39, 0.29) is 33.9 Å². The number of alkyl halides is 3. The van der Waals surface area contributed by atoms with Crippen molar-refractivity contribution in [3.05, 3.63) is 82.6 Å². The van der Waals surface area contributed by atoms with Gasteiger partial charge in [0.25, 0.3) is 17.7 Å². The van der Waals surface area contributed by atoms with Gasteiger partial charge in [-0.2, -0.15) is 23.3 Å². The van der Waals surface area contributed by atoms with E-state index in [1.54, 1.807) is 0 Å². The van der Waals surface area contributed by atoms with Crippen LogP contribution < -0.4 is 10.3 Å². The number of hydrogen-bond acceptors (Lipinski definition) is 6. The van der Waals surface area contributed by atoms with Crippen LogP contribution in [0, 0.1) is 0 Å². The van der Waals surface area contributed by atoms with Crippen molar-refractivity contribution in [2.75, 3.05) is 5.01 Å². The number of nitrogens with one attached hydrogen (secondary N) is 1. The van der Waals surface area contributed by atoms with E-state index in [0.717, 1.165) is 12.1 Å². The number of anilines is 1. The number of halogens is 3. The van der Waals surface area contributed by atoms with E-state index in [9.17, 15) is 32.3 Å². The fourth-order valence-corrected chi connectivity index (χ4v) is 3.75. The Hall–Kier alpha value is -5.00. The van der Waals surface area contributed by atoms with Crippen LogP contribution in [0.2, 0.25) is 0 Å². The predicted octanol–water partition coefficient (Wildman–Crippen LogP) is 3.88. The first-order valence-corrected chi connectivity index (χ1v) is 10.2. The van der Waals surface area contributed by atoms with Gasteiger partial charge in [-0.3, -0.25) is 19.7 Å². The molecular weight excluding hydrogens is 483 g/mol. The molecule has 0 saturated carbocycles. The molecule has 0 spiro atoms. The van der Waals surface area contributed by atoms with Crippen molar-refractivity contribution in [1.82, 2.24) is 5.32 Å². The largest absolute Gasteiger partial charge is 0.478 e. The molecule has 2 aliphatic rings. The first kappa shape index (κ1) is 22.8. The Labute approximate surface area is 199 Å². The number of carbonyl (C=O) groups excluding carboxylic acids is 3. The number of amides is 3. The highest BCUT2D eigenvalue weighted by Gasteiger charge is 2.47. The van der Waals surface area contributed by atoms with Crippen LogP contribution >= 0.6 is 0 Å². The van der Waals surface area contributed by atoms with E-state index in [2.05, 4.69) is 10.4 Å². The molecule has 12 heteroatoms. The normalized spacial score (nSPS) is 16.4. The van der Waals surface area contributed by atoms with Crippen LogP contribution in [0.15, 0.2) is 69.7 Å². The number of nitrogens with zero attached hydrogens (tertiary/aromatic N) is 2. The minimum absolute atomic E-state index is 0.104. The summed E-state index contributed by atoms with van der Waals surface area (Å²) in [6, 6.07) is 11.9. The third-order valence-electron chi connectivity index (χ3n) is 5.42. The van der Waals surface area contributed by atoms with E-state index in [4.69, 9.17) is 9.52 Å². The van der Waals surface area contributed by atoms with Gasteiger partial charge in [0.05, 0.1) is 28.0 Å². The van der Waals surface area contributed by atoms with Crippen molar-refractivity contribution in [3.63, 3.8) is 0 Å². The van der Waals surface area contributed by atoms with Crippen LogP contribution in [0.25, 0.3) is 17.4 Å². The molecule has 180 valence electrons. The van der Waals surface area contributed by atoms with Crippen molar-refractivity contribution in [2.24, 2.45) is 5.10 Å². The van der Waals surface area contributed by atoms with Crippen molar-refractivity contribution < 1.29 is 41.9 Å². The number of rotatable bonds is 4. The Morgan fingerprint density at radius 2 is 1.75 bits per heavy atom. The molecule has 2 aromatic carbocycles. The SMILES string of the molecule is O=C(O)c1cccc(N2N=C(C(F)(F)F)/C(=C/c3ccc(-c4ccc5c(c4)C(=O)NC5=O)o3)C2=O)c1. The van der Waals surface area contributed by atoms with Crippen LogP contribution in [0.1, 0.15) is 36.8 Å². The van der Waals surface area contributed by atoms with Gasteiger partial charge in [-0.05, 0) is 48.5 Å². The molecule has 0 atom stereocenters. The van der Waals surface area contributed by atoms with Gasteiger partial charge in [-0.1, -0.05) is 12.1 Å². The summed E-state index contributed by atoms with van der Waals surface area (Å²) in [6.45, 7) is 0. The Morgan fingerprint density at radius 1 is 1.00 bits per heavy atom. The lowest BCUT2D eigenvalue weighted by Gasteiger charge is -2.11. The summed E-state index contributed by atoms with van der Waals surface area (Å²) in [4.78, 5) is 47.7. The van der Waals surface area contributed by atoms with Crippen molar-refractivity contribution in [1.29, 1.82) is 0 Å². The Bertz CT molecular complexity index is 1550. The molecule has 36 heavy (non-hydrogen) atoms. The average molecular weight is 495 g/mol. The Balaban J connectivity index is 1.50. The zero-order valence-electron chi connectivity index (χ0n) is 17.8. The minimum Gasteiger partial charge on any atom is -0.478 e. The lowest BCUT2D eigenvalue weighted by molar-refractivity contribution is -0.114. The number of fused-ring (bicyclic) bond motifs is 1. The predicted molar refractivity (Wildman–Crippen MR) is 118 cm³/mol. The summed E-state index contributed by atoms with van der Waals surface area (Å²) in [5, 5.41) is 15.2. The second-order valence-electron chi connectivity index (χ2n) is 7.72. The first-order valence-electron chi connectivity index (χ1n) is 10.2. The number of aromatic carboxylic acids is 1. The number of hydrogen-bond donors (Lipinski definition) is 2. The smallest absolute Gasteiger partial charge is 0.435 e. The number of furan rings is 1. The molecule has 3 amide bonds. The molecule has 0 unspecified atom stereocenters. The van der Waals surface area contributed by atoms with Crippen LogP contribution in [0.5, 0.6) is 0 Å². The summed E-state index contributed by atoms with van der Waals surface area (Å²) in [7, 11) is 0. The molecule has 0 aliphatic carbocycles. The second-order valence-corrected chi connectivity index (χ2v) is 7.72. The van der Waals surface area contributed by atoms with Crippen LogP contribution in [-0.4, -0.2) is 40.7 Å². The Morgan fingerprint density at radius 3 is 2.47 bits per heavy atom. The van der Waals surface area contributed by atoms with Gasteiger partial charge in [-0.15, -0.1) is 0 Å². The second kappa shape index (κ2) is 8.05. The monoisotopic (exact) mass is 495 g/mol. The van der Waals surface area contributed by atoms with Gasteiger partial charge in [0.2, 0.25) is 0 Å². The van der Waals surface area contributed by atoms with Crippen molar-refractivity contribution in [2.45, 2.75) is 6.18 Å². The van der Waals surface area contributed by atoms with Crippen LogP contribution in [-0.2, 0) is 4.79 Å². The van der Waals surface area contributed by atoms with Gasteiger partial charge in [-0.25, -0.2) is 4.79 Å². The highest BCUT2D eigenvalue weighted by molar-refractivity contribution is 6.34. The molecule has 3 heterocycles. The van der Waals surface area contributed by atoms with Gasteiger partial charge in [0, 0.05) is 5.56 Å². The number of benzene rings is 2. The lowest BCUT2D eigenvalue weighted by atomic mass is 10.0. The van der Waals surface area contributed by atoms with Crippen LogP contribution in [0.4, 0.5) is 18.9 Å². The molecule has 0 bridgehead atoms. The highest BCUT2D eigenvalue weighted by Crippen LogP contribution is 2.34. The third kappa shape index (κ3) is 3.83. The van der Waals surface area contributed by atoms with Gasteiger partial charge in [0.1, 0.15) is 11.5 Å². The Kier molecular flexibility index (Phi) is 5.09. The summed E-state index contributed by atoms with van der Waals surface area (Å²) in [5.74, 6) is -3.50. The quantitative estimate of drug-likeness (QED) is 0.418. The first-order chi connectivity index (χ1) is 17.0. The summed E-state index contributed by atoms with van der Waals surface area (Å²) in [6.07, 6.45) is -4.11. The third-order valence-corrected chi connectivity index (χ3v) is 5.42. The number of carboxylic acid groups (broad SMARTS) is 1. The molecule has 9 nitrogen and oxygen atoms in total. The zero-order chi connectivity index (χ0) is 25.8. The van der Waals surface area contributed by atoms with E-state index in [1.165, 1.54) is 48.5 Å². The van der Waals surface area contributed by atoms with Crippen LogP contribution in [0.3, 0.4) is 0 Å². The van der Waals surface area contributed by atoms with E-state index >= 15 is 0 Å². The fraction of sp³-hybridized carbons (Fsp3) is 0.0417. The maximum atomic E-state index is 13.7.